The number of nitrogens with one attached hydrogen (secondary N) is 1. The molecule has 3 heteroatoms. The van der Waals surface area contributed by atoms with Crippen molar-refractivity contribution in [2.24, 2.45) is 0 Å². The molecule has 1 aliphatic rings. The van der Waals surface area contributed by atoms with E-state index in [1.807, 2.05) is 12.1 Å². The maximum atomic E-state index is 5.88. The summed E-state index contributed by atoms with van der Waals surface area (Å²) < 4.78 is 0. The van der Waals surface area contributed by atoms with Crippen molar-refractivity contribution in [1.29, 1.82) is 0 Å². The van der Waals surface area contributed by atoms with Crippen molar-refractivity contribution in [1.82, 2.24) is 5.32 Å². The number of hydrogen-bond acceptors (Lipinski definition) is 2. The van der Waals surface area contributed by atoms with Gasteiger partial charge in [0, 0.05) is 30.3 Å². The minimum absolute atomic E-state index is 0.798. The highest BCUT2D eigenvalue weighted by Gasteiger charge is 2.16. The highest BCUT2D eigenvalue weighted by Crippen LogP contribution is 2.27. The van der Waals surface area contributed by atoms with E-state index in [1.165, 1.54) is 29.7 Å². The lowest BCUT2D eigenvalue weighted by atomic mass is 10.2. The van der Waals surface area contributed by atoms with E-state index in [0.717, 1.165) is 31.2 Å². The average Bonchev–Trinajstić information content (AvgIpc) is 2.92. The van der Waals surface area contributed by atoms with Crippen LogP contribution in [0.15, 0.2) is 48.5 Å². The number of fused-ring (bicyclic) bond motifs is 1. The SMILES string of the molecule is Clc1ccc(CNCCCN2CCc3ccccc32)cc1. The van der Waals surface area contributed by atoms with Gasteiger partial charge in [0.2, 0.25) is 0 Å². The molecule has 21 heavy (non-hydrogen) atoms. The van der Waals surface area contributed by atoms with E-state index in [1.54, 1.807) is 0 Å². The number of rotatable bonds is 6. The lowest BCUT2D eigenvalue weighted by molar-refractivity contribution is 0.638. The Morgan fingerprint density at radius 3 is 2.71 bits per heavy atom. The van der Waals surface area contributed by atoms with Gasteiger partial charge in [-0.1, -0.05) is 41.9 Å². The Kier molecular flexibility index (Phi) is 4.79. The van der Waals surface area contributed by atoms with Gasteiger partial charge in [-0.3, -0.25) is 0 Å². The second-order valence-corrected chi connectivity index (χ2v) is 5.96. The van der Waals surface area contributed by atoms with Crippen LogP contribution in [0.1, 0.15) is 17.5 Å². The highest BCUT2D eigenvalue weighted by atomic mass is 35.5. The molecule has 0 aliphatic carbocycles. The van der Waals surface area contributed by atoms with E-state index >= 15 is 0 Å². The Bertz CT molecular complexity index is 580. The van der Waals surface area contributed by atoms with Gasteiger partial charge in [-0.2, -0.15) is 0 Å². The molecule has 0 bridgehead atoms. The predicted molar refractivity (Wildman–Crippen MR) is 90.1 cm³/mol. The van der Waals surface area contributed by atoms with Crippen molar-refractivity contribution in [3.8, 4) is 0 Å². The van der Waals surface area contributed by atoms with E-state index < -0.39 is 0 Å². The van der Waals surface area contributed by atoms with Crippen molar-refractivity contribution in [3.05, 3.63) is 64.7 Å². The molecule has 0 aromatic heterocycles. The van der Waals surface area contributed by atoms with Gasteiger partial charge < -0.3 is 10.2 Å². The summed E-state index contributed by atoms with van der Waals surface area (Å²) in [6.07, 6.45) is 2.36. The molecule has 0 saturated heterocycles. The van der Waals surface area contributed by atoms with E-state index in [4.69, 9.17) is 11.6 Å². The second kappa shape index (κ2) is 6.97. The van der Waals surface area contributed by atoms with Gasteiger partial charge in [-0.15, -0.1) is 0 Å². The van der Waals surface area contributed by atoms with Crippen LogP contribution in [0.5, 0.6) is 0 Å². The van der Waals surface area contributed by atoms with Gasteiger partial charge >= 0.3 is 0 Å². The van der Waals surface area contributed by atoms with Crippen LogP contribution >= 0.6 is 11.6 Å². The fourth-order valence-electron chi connectivity index (χ4n) is 2.87. The van der Waals surface area contributed by atoms with Crippen molar-refractivity contribution in [3.63, 3.8) is 0 Å². The first-order chi connectivity index (χ1) is 10.3. The van der Waals surface area contributed by atoms with Crippen molar-refractivity contribution < 1.29 is 0 Å². The van der Waals surface area contributed by atoms with Crippen LogP contribution in [-0.4, -0.2) is 19.6 Å². The number of halogens is 1. The smallest absolute Gasteiger partial charge is 0.0406 e. The summed E-state index contributed by atoms with van der Waals surface area (Å²) in [5.41, 5.74) is 4.20. The standard InChI is InChI=1S/C18H21ClN2/c19-17-8-6-15(7-9-17)14-20-11-3-12-21-13-10-16-4-1-2-5-18(16)21/h1-2,4-9,20H,3,10-14H2. The van der Waals surface area contributed by atoms with Crippen LogP contribution in [0.4, 0.5) is 5.69 Å². The molecular formula is C18H21ClN2. The summed E-state index contributed by atoms with van der Waals surface area (Å²) in [5.74, 6) is 0. The summed E-state index contributed by atoms with van der Waals surface area (Å²) >= 11 is 5.88. The predicted octanol–water partition coefficient (Wildman–Crippen LogP) is 3.88. The quantitative estimate of drug-likeness (QED) is 0.814. The van der Waals surface area contributed by atoms with Crippen molar-refractivity contribution in [2.45, 2.75) is 19.4 Å². The zero-order chi connectivity index (χ0) is 14.5. The highest BCUT2D eigenvalue weighted by molar-refractivity contribution is 6.30. The van der Waals surface area contributed by atoms with Crippen molar-refractivity contribution in [2.75, 3.05) is 24.5 Å². The molecule has 0 amide bonds. The van der Waals surface area contributed by atoms with Crippen LogP contribution in [-0.2, 0) is 13.0 Å². The lowest BCUT2D eigenvalue weighted by Gasteiger charge is -2.19. The number of hydrogen-bond donors (Lipinski definition) is 1. The van der Waals surface area contributed by atoms with E-state index in [2.05, 4.69) is 46.6 Å². The molecular weight excluding hydrogens is 280 g/mol. The third-order valence-electron chi connectivity index (χ3n) is 4.01. The van der Waals surface area contributed by atoms with Crippen LogP contribution in [0.3, 0.4) is 0 Å². The molecule has 0 fully saturated rings. The second-order valence-electron chi connectivity index (χ2n) is 5.52. The maximum absolute atomic E-state index is 5.88. The summed E-state index contributed by atoms with van der Waals surface area (Å²) in [7, 11) is 0. The molecule has 0 saturated carbocycles. The zero-order valence-corrected chi connectivity index (χ0v) is 12.9. The zero-order valence-electron chi connectivity index (χ0n) is 12.2. The molecule has 1 aliphatic heterocycles. The molecule has 1 N–H and O–H groups in total. The fourth-order valence-corrected chi connectivity index (χ4v) is 2.99. The Balaban J connectivity index is 1.38. The number of para-hydroxylation sites is 1. The minimum atomic E-state index is 0.798. The topological polar surface area (TPSA) is 15.3 Å². The molecule has 1 heterocycles. The van der Waals surface area contributed by atoms with Gasteiger partial charge in [0.1, 0.15) is 0 Å². The monoisotopic (exact) mass is 300 g/mol. The molecule has 0 spiro atoms. The van der Waals surface area contributed by atoms with Gasteiger partial charge in [-0.05, 0) is 48.7 Å². The average molecular weight is 301 g/mol. The summed E-state index contributed by atoms with van der Waals surface area (Å²) in [4.78, 5) is 2.50. The molecule has 0 radical (unpaired) electrons. The van der Waals surface area contributed by atoms with E-state index in [9.17, 15) is 0 Å². The molecule has 0 unspecified atom stereocenters. The Hall–Kier alpha value is -1.51. The first-order valence-electron chi connectivity index (χ1n) is 7.61. The van der Waals surface area contributed by atoms with Gasteiger partial charge in [0.15, 0.2) is 0 Å². The number of benzene rings is 2. The summed E-state index contributed by atoms with van der Waals surface area (Å²) in [6.45, 7) is 4.25. The van der Waals surface area contributed by atoms with Crippen LogP contribution in [0, 0.1) is 0 Å². The third kappa shape index (κ3) is 3.78. The third-order valence-corrected chi connectivity index (χ3v) is 4.26. The first kappa shape index (κ1) is 14.4. The van der Waals surface area contributed by atoms with Gasteiger partial charge in [0.05, 0.1) is 0 Å². The summed E-state index contributed by atoms with van der Waals surface area (Å²) in [6, 6.07) is 16.8. The minimum Gasteiger partial charge on any atom is -0.371 e. The molecule has 2 aromatic rings. The number of anilines is 1. The molecule has 0 atom stereocenters. The number of nitrogens with zero attached hydrogens (tertiary/aromatic N) is 1. The first-order valence-corrected chi connectivity index (χ1v) is 7.99. The molecule has 3 rings (SSSR count). The fraction of sp³-hybridized carbons (Fsp3) is 0.333. The molecule has 2 nitrogen and oxygen atoms in total. The van der Waals surface area contributed by atoms with Crippen LogP contribution in [0.25, 0.3) is 0 Å². The van der Waals surface area contributed by atoms with E-state index in [0.29, 0.717) is 0 Å². The van der Waals surface area contributed by atoms with Crippen LogP contribution < -0.4 is 10.2 Å². The summed E-state index contributed by atoms with van der Waals surface area (Å²) in [5, 5.41) is 4.30. The van der Waals surface area contributed by atoms with Crippen LogP contribution in [0.2, 0.25) is 5.02 Å². The Labute approximate surface area is 131 Å². The lowest BCUT2D eigenvalue weighted by Crippen LogP contribution is -2.25. The largest absolute Gasteiger partial charge is 0.371 e. The van der Waals surface area contributed by atoms with Gasteiger partial charge in [-0.25, -0.2) is 0 Å². The van der Waals surface area contributed by atoms with E-state index in [-0.39, 0.29) is 0 Å². The normalized spacial score (nSPS) is 13.5. The molecule has 110 valence electrons. The van der Waals surface area contributed by atoms with Crippen molar-refractivity contribution >= 4 is 17.3 Å². The Morgan fingerprint density at radius 1 is 1.05 bits per heavy atom. The maximum Gasteiger partial charge on any atom is 0.0406 e. The van der Waals surface area contributed by atoms with Gasteiger partial charge in [0.25, 0.3) is 0 Å². The Morgan fingerprint density at radius 2 is 1.86 bits per heavy atom. The molecule has 2 aromatic carbocycles.